The molecule has 0 saturated carbocycles. The van der Waals surface area contributed by atoms with Crippen LogP contribution in [0, 0.1) is 0 Å². The van der Waals surface area contributed by atoms with E-state index in [9.17, 15) is 9.59 Å². The molecule has 0 aliphatic rings. The summed E-state index contributed by atoms with van der Waals surface area (Å²) in [4.78, 5) is 28.1. The molecule has 1 aromatic carbocycles. The second-order valence-electron chi connectivity index (χ2n) is 5.94. The molecule has 0 saturated heterocycles. The number of amides is 1. The number of carbonyl (C=O) groups excluding carboxylic acids is 1. The fourth-order valence-electron chi connectivity index (χ4n) is 2.77. The van der Waals surface area contributed by atoms with Gasteiger partial charge in [0, 0.05) is 16.0 Å². The first-order valence-electron chi connectivity index (χ1n) is 8.17. The number of rotatable bonds is 5. The Hall–Kier alpha value is -2.83. The molecule has 0 aliphatic heterocycles. The molecule has 27 heavy (non-hydrogen) atoms. The molecule has 0 bridgehead atoms. The van der Waals surface area contributed by atoms with Gasteiger partial charge in [-0.2, -0.15) is 0 Å². The lowest BCUT2D eigenvalue weighted by atomic mass is 10.2. The van der Waals surface area contributed by atoms with E-state index in [4.69, 9.17) is 20.4 Å². The van der Waals surface area contributed by atoms with E-state index in [1.165, 1.54) is 12.1 Å². The molecule has 3 heterocycles. The molecule has 0 aliphatic carbocycles. The monoisotopic (exact) mass is 399 g/mol. The highest BCUT2D eigenvalue weighted by Crippen LogP contribution is 2.21. The Kier molecular flexibility index (Phi) is 4.83. The Labute approximate surface area is 163 Å². The van der Waals surface area contributed by atoms with Crippen LogP contribution in [0.25, 0.3) is 11.0 Å². The van der Waals surface area contributed by atoms with Crippen molar-refractivity contribution in [3.63, 3.8) is 0 Å². The molecule has 0 radical (unpaired) electrons. The zero-order valence-corrected chi connectivity index (χ0v) is 15.6. The van der Waals surface area contributed by atoms with E-state index in [1.54, 1.807) is 46.8 Å². The van der Waals surface area contributed by atoms with Crippen molar-refractivity contribution in [3.8, 4) is 0 Å². The molecule has 0 N–H and O–H groups in total. The van der Waals surface area contributed by atoms with E-state index in [1.807, 2.05) is 17.5 Å². The Morgan fingerprint density at radius 3 is 2.74 bits per heavy atom. The Morgan fingerprint density at radius 1 is 1.11 bits per heavy atom. The maximum Gasteiger partial charge on any atom is 0.290 e. The molecule has 1 amide bonds. The highest BCUT2D eigenvalue weighted by Gasteiger charge is 2.22. The van der Waals surface area contributed by atoms with Gasteiger partial charge < -0.3 is 13.7 Å². The van der Waals surface area contributed by atoms with Gasteiger partial charge in [0.05, 0.1) is 24.7 Å². The number of halogens is 1. The first-order valence-corrected chi connectivity index (χ1v) is 9.43. The van der Waals surface area contributed by atoms with E-state index in [2.05, 4.69) is 0 Å². The second kappa shape index (κ2) is 7.42. The van der Waals surface area contributed by atoms with Crippen molar-refractivity contribution in [2.45, 2.75) is 13.1 Å². The first kappa shape index (κ1) is 17.6. The quantitative estimate of drug-likeness (QED) is 0.476. The van der Waals surface area contributed by atoms with Crippen LogP contribution in [-0.2, 0) is 13.1 Å². The highest BCUT2D eigenvalue weighted by atomic mass is 35.5. The molecule has 5 nitrogen and oxygen atoms in total. The Morgan fingerprint density at radius 2 is 2.00 bits per heavy atom. The third-order valence-electron chi connectivity index (χ3n) is 4.04. The fourth-order valence-corrected chi connectivity index (χ4v) is 3.66. The Balaban J connectivity index is 1.70. The molecular weight excluding hydrogens is 386 g/mol. The van der Waals surface area contributed by atoms with Gasteiger partial charge in [0.25, 0.3) is 5.91 Å². The van der Waals surface area contributed by atoms with Gasteiger partial charge in [0.1, 0.15) is 11.3 Å². The topological polar surface area (TPSA) is 63.7 Å². The molecule has 7 heteroatoms. The van der Waals surface area contributed by atoms with Crippen molar-refractivity contribution in [3.05, 3.63) is 91.8 Å². The number of nitrogens with zero attached hydrogens (tertiary/aromatic N) is 1. The van der Waals surface area contributed by atoms with Crippen molar-refractivity contribution in [2.75, 3.05) is 0 Å². The number of furan rings is 1. The number of hydrogen-bond acceptors (Lipinski definition) is 5. The van der Waals surface area contributed by atoms with Crippen LogP contribution >= 0.6 is 22.9 Å². The lowest BCUT2D eigenvalue weighted by Crippen LogP contribution is -2.30. The van der Waals surface area contributed by atoms with Crippen molar-refractivity contribution in [1.82, 2.24) is 4.90 Å². The number of carbonyl (C=O) groups is 1. The van der Waals surface area contributed by atoms with E-state index in [0.717, 1.165) is 4.88 Å². The maximum atomic E-state index is 13.1. The number of thiophene rings is 1. The zero-order chi connectivity index (χ0) is 18.8. The van der Waals surface area contributed by atoms with Crippen molar-refractivity contribution < 1.29 is 13.6 Å². The number of fused-ring (bicyclic) bond motifs is 1. The first-order chi connectivity index (χ1) is 13.1. The summed E-state index contributed by atoms with van der Waals surface area (Å²) in [5.74, 6) is 0.251. The predicted octanol–water partition coefficient (Wildman–Crippen LogP) is 4.94. The second-order valence-corrected chi connectivity index (χ2v) is 7.40. The van der Waals surface area contributed by atoms with Crippen molar-refractivity contribution in [1.29, 1.82) is 0 Å². The van der Waals surface area contributed by atoms with Crippen LogP contribution in [-0.4, -0.2) is 10.8 Å². The molecular formula is C20H14ClNO4S. The van der Waals surface area contributed by atoms with Gasteiger partial charge in [-0.1, -0.05) is 17.7 Å². The van der Waals surface area contributed by atoms with E-state index in [0.29, 0.717) is 28.3 Å². The van der Waals surface area contributed by atoms with Crippen LogP contribution in [0.15, 0.2) is 73.8 Å². The number of hydrogen-bond donors (Lipinski definition) is 0. The van der Waals surface area contributed by atoms with Crippen molar-refractivity contribution >= 4 is 39.8 Å². The van der Waals surface area contributed by atoms with Crippen LogP contribution < -0.4 is 5.43 Å². The largest absolute Gasteiger partial charge is 0.467 e. The molecule has 0 fully saturated rings. The highest BCUT2D eigenvalue weighted by molar-refractivity contribution is 7.09. The summed E-state index contributed by atoms with van der Waals surface area (Å²) in [6, 6.07) is 13.4. The summed E-state index contributed by atoms with van der Waals surface area (Å²) in [6.45, 7) is 0.658. The molecule has 0 unspecified atom stereocenters. The lowest BCUT2D eigenvalue weighted by molar-refractivity contribution is 0.0687. The standard InChI is InChI=1S/C20H14ClNO4S/c21-13-5-6-18-16(9-13)17(23)10-19(26-18)20(24)22(11-14-3-1-7-25-14)12-15-4-2-8-27-15/h1-10H,11-12H2. The fraction of sp³-hybridized carbons (Fsp3) is 0.100. The summed E-state index contributed by atoms with van der Waals surface area (Å²) in [7, 11) is 0. The van der Waals surface area contributed by atoms with E-state index < -0.39 is 0 Å². The summed E-state index contributed by atoms with van der Waals surface area (Å²) >= 11 is 7.49. The van der Waals surface area contributed by atoms with Crippen LogP contribution in [0.1, 0.15) is 21.2 Å². The average molecular weight is 400 g/mol. The third kappa shape index (κ3) is 3.82. The number of benzene rings is 1. The van der Waals surface area contributed by atoms with Gasteiger partial charge >= 0.3 is 0 Å². The summed E-state index contributed by atoms with van der Waals surface area (Å²) in [5.41, 5.74) is 0.0143. The third-order valence-corrected chi connectivity index (χ3v) is 5.14. The van der Waals surface area contributed by atoms with Gasteiger partial charge in [-0.3, -0.25) is 9.59 Å². The predicted molar refractivity (Wildman–Crippen MR) is 104 cm³/mol. The van der Waals surface area contributed by atoms with Gasteiger partial charge in [0.2, 0.25) is 0 Å². The minimum atomic E-state index is -0.381. The van der Waals surface area contributed by atoms with Crippen LogP contribution in [0.2, 0.25) is 5.02 Å². The molecule has 4 rings (SSSR count). The zero-order valence-electron chi connectivity index (χ0n) is 14.1. The minimum absolute atomic E-state index is 0.0158. The van der Waals surface area contributed by atoms with Crippen molar-refractivity contribution in [2.24, 2.45) is 0 Å². The van der Waals surface area contributed by atoms with Gasteiger partial charge in [-0.05, 0) is 41.8 Å². The molecule has 4 aromatic rings. The minimum Gasteiger partial charge on any atom is -0.467 e. The van der Waals surface area contributed by atoms with E-state index >= 15 is 0 Å². The summed E-state index contributed by atoms with van der Waals surface area (Å²) in [5, 5.41) is 2.73. The molecule has 136 valence electrons. The normalized spacial score (nSPS) is 11.0. The van der Waals surface area contributed by atoms with E-state index in [-0.39, 0.29) is 23.6 Å². The summed E-state index contributed by atoms with van der Waals surface area (Å²) in [6.07, 6.45) is 1.56. The van der Waals surface area contributed by atoms with Crippen LogP contribution in [0.3, 0.4) is 0 Å². The lowest BCUT2D eigenvalue weighted by Gasteiger charge is -2.20. The van der Waals surface area contributed by atoms with Crippen LogP contribution in [0.5, 0.6) is 0 Å². The van der Waals surface area contributed by atoms with Gasteiger partial charge in [-0.15, -0.1) is 11.3 Å². The average Bonchev–Trinajstić information content (AvgIpc) is 3.35. The van der Waals surface area contributed by atoms with Gasteiger partial charge in [0.15, 0.2) is 11.2 Å². The molecule has 0 atom stereocenters. The SMILES string of the molecule is O=C(c1cc(=O)c2cc(Cl)ccc2o1)N(Cc1ccco1)Cc1cccs1. The van der Waals surface area contributed by atoms with Gasteiger partial charge in [-0.25, -0.2) is 0 Å². The Bertz CT molecular complexity index is 1100. The van der Waals surface area contributed by atoms with Crippen LogP contribution in [0.4, 0.5) is 0 Å². The molecule has 3 aromatic heterocycles. The molecule has 0 spiro atoms. The maximum absolute atomic E-state index is 13.1. The smallest absolute Gasteiger partial charge is 0.290 e. The summed E-state index contributed by atoms with van der Waals surface area (Å²) < 4.78 is 11.1.